The van der Waals surface area contributed by atoms with Gasteiger partial charge in [0, 0.05) is 18.6 Å². The Balaban J connectivity index is 2.08. The third kappa shape index (κ3) is 3.62. The molecular formula is C16H13F3O2. The quantitative estimate of drug-likeness (QED) is 0.781. The Bertz CT molecular complexity index is 628. The van der Waals surface area contributed by atoms with E-state index in [0.717, 1.165) is 5.56 Å². The molecule has 0 saturated carbocycles. The molecular weight excluding hydrogens is 281 g/mol. The van der Waals surface area contributed by atoms with Crippen LogP contribution in [0.15, 0.2) is 36.4 Å². The molecule has 0 bridgehead atoms. The number of ether oxygens (including phenoxy) is 1. The minimum Gasteiger partial charge on any atom is -0.497 e. The summed E-state index contributed by atoms with van der Waals surface area (Å²) < 4.78 is 44.7. The fraction of sp³-hybridized carbons (Fsp3) is 0.188. The number of rotatable bonds is 5. The van der Waals surface area contributed by atoms with Crippen molar-refractivity contribution in [2.24, 2.45) is 0 Å². The summed E-state index contributed by atoms with van der Waals surface area (Å²) in [6, 6.07) is 8.01. The van der Waals surface area contributed by atoms with E-state index in [0.29, 0.717) is 24.3 Å². The van der Waals surface area contributed by atoms with Crippen molar-refractivity contribution in [3.63, 3.8) is 0 Å². The predicted octanol–water partition coefficient (Wildman–Crippen LogP) is 3.93. The van der Waals surface area contributed by atoms with Gasteiger partial charge in [-0.1, -0.05) is 12.1 Å². The number of hydrogen-bond acceptors (Lipinski definition) is 2. The van der Waals surface area contributed by atoms with Gasteiger partial charge in [-0.05, 0) is 24.1 Å². The highest BCUT2D eigenvalue weighted by Gasteiger charge is 2.18. The molecule has 2 rings (SSSR count). The summed E-state index contributed by atoms with van der Waals surface area (Å²) in [5, 5.41) is 0. The van der Waals surface area contributed by atoms with Gasteiger partial charge in [-0.25, -0.2) is 13.2 Å². The SMILES string of the molecule is COc1ccc(CCC(=O)c2c(F)cc(F)cc2F)cc1. The van der Waals surface area contributed by atoms with E-state index in [2.05, 4.69) is 0 Å². The zero-order chi connectivity index (χ0) is 15.4. The third-order valence-corrected chi connectivity index (χ3v) is 3.09. The standard InChI is InChI=1S/C16H13F3O2/c1-21-12-5-2-10(3-6-12)4-7-15(20)16-13(18)8-11(17)9-14(16)19/h2-3,5-6,8-9H,4,7H2,1H3. The normalized spacial score (nSPS) is 10.5. The van der Waals surface area contributed by atoms with Crippen LogP contribution in [0.4, 0.5) is 13.2 Å². The van der Waals surface area contributed by atoms with Gasteiger partial charge in [-0.15, -0.1) is 0 Å². The minimum atomic E-state index is -1.17. The summed E-state index contributed by atoms with van der Waals surface area (Å²) >= 11 is 0. The van der Waals surface area contributed by atoms with E-state index in [-0.39, 0.29) is 6.42 Å². The molecule has 21 heavy (non-hydrogen) atoms. The van der Waals surface area contributed by atoms with Crippen LogP contribution in [0.25, 0.3) is 0 Å². The highest BCUT2D eigenvalue weighted by atomic mass is 19.1. The number of carbonyl (C=O) groups excluding carboxylic acids is 1. The summed E-state index contributed by atoms with van der Waals surface area (Å²) in [5.41, 5.74) is 0.150. The molecule has 0 aliphatic rings. The van der Waals surface area contributed by atoms with Crippen molar-refractivity contribution in [2.75, 3.05) is 7.11 Å². The van der Waals surface area contributed by atoms with Gasteiger partial charge in [0.05, 0.1) is 12.7 Å². The van der Waals surface area contributed by atoms with Crippen LogP contribution in [0.5, 0.6) is 5.75 Å². The predicted molar refractivity (Wildman–Crippen MR) is 72.0 cm³/mol. The molecule has 0 amide bonds. The zero-order valence-corrected chi connectivity index (χ0v) is 11.3. The summed E-state index contributed by atoms with van der Waals surface area (Å²) in [5.74, 6) is -3.40. The van der Waals surface area contributed by atoms with Crippen molar-refractivity contribution in [3.8, 4) is 5.75 Å². The van der Waals surface area contributed by atoms with Crippen molar-refractivity contribution in [2.45, 2.75) is 12.8 Å². The van der Waals surface area contributed by atoms with Gasteiger partial charge in [-0.3, -0.25) is 4.79 Å². The number of methoxy groups -OCH3 is 1. The second-order valence-electron chi connectivity index (χ2n) is 4.52. The van der Waals surface area contributed by atoms with Gasteiger partial charge in [0.2, 0.25) is 0 Å². The molecule has 0 aromatic heterocycles. The summed E-state index contributed by atoms with van der Waals surface area (Å²) in [6.45, 7) is 0. The topological polar surface area (TPSA) is 26.3 Å². The number of aryl methyl sites for hydroxylation is 1. The van der Waals surface area contributed by atoms with Gasteiger partial charge in [0.15, 0.2) is 5.78 Å². The smallest absolute Gasteiger partial charge is 0.169 e. The average Bonchev–Trinajstić information content (AvgIpc) is 2.44. The summed E-state index contributed by atoms with van der Waals surface area (Å²) in [6.07, 6.45) is 0.269. The number of carbonyl (C=O) groups is 1. The lowest BCUT2D eigenvalue weighted by molar-refractivity contribution is 0.0974. The molecule has 0 unspecified atom stereocenters. The van der Waals surface area contributed by atoms with Crippen molar-refractivity contribution in [1.82, 2.24) is 0 Å². The molecule has 110 valence electrons. The van der Waals surface area contributed by atoms with Gasteiger partial charge in [0.25, 0.3) is 0 Å². The lowest BCUT2D eigenvalue weighted by Crippen LogP contribution is -2.08. The minimum absolute atomic E-state index is 0.0637. The molecule has 2 aromatic rings. The molecule has 0 radical (unpaired) electrons. The number of ketones is 1. The molecule has 0 aliphatic heterocycles. The molecule has 0 atom stereocenters. The molecule has 2 nitrogen and oxygen atoms in total. The van der Waals surface area contributed by atoms with Crippen LogP contribution in [0.2, 0.25) is 0 Å². The summed E-state index contributed by atoms with van der Waals surface area (Å²) in [4.78, 5) is 11.9. The van der Waals surface area contributed by atoms with Crippen LogP contribution in [-0.4, -0.2) is 12.9 Å². The van der Waals surface area contributed by atoms with Gasteiger partial charge >= 0.3 is 0 Å². The first-order valence-electron chi connectivity index (χ1n) is 6.32. The monoisotopic (exact) mass is 294 g/mol. The maximum absolute atomic E-state index is 13.5. The number of hydrogen-bond donors (Lipinski definition) is 0. The maximum atomic E-state index is 13.5. The van der Waals surface area contributed by atoms with E-state index in [4.69, 9.17) is 4.74 Å². The van der Waals surface area contributed by atoms with Gasteiger partial charge < -0.3 is 4.74 Å². The van der Waals surface area contributed by atoms with Crippen molar-refractivity contribution >= 4 is 5.78 Å². The van der Waals surface area contributed by atoms with E-state index in [9.17, 15) is 18.0 Å². The Morgan fingerprint density at radius 1 is 1.05 bits per heavy atom. The maximum Gasteiger partial charge on any atom is 0.169 e. The lowest BCUT2D eigenvalue weighted by atomic mass is 10.0. The number of halogens is 3. The molecule has 0 N–H and O–H groups in total. The van der Waals surface area contributed by atoms with Crippen LogP contribution >= 0.6 is 0 Å². The largest absolute Gasteiger partial charge is 0.497 e. The molecule has 5 heteroatoms. The molecule has 2 aromatic carbocycles. The molecule has 0 fully saturated rings. The molecule has 0 aliphatic carbocycles. The van der Waals surface area contributed by atoms with Crippen molar-refractivity contribution in [1.29, 1.82) is 0 Å². The highest BCUT2D eigenvalue weighted by Crippen LogP contribution is 2.18. The number of Topliss-reactive ketones (excluding diaryl/α,β-unsaturated/α-hetero) is 1. The second-order valence-corrected chi connectivity index (χ2v) is 4.52. The van der Waals surface area contributed by atoms with Crippen molar-refractivity contribution < 1.29 is 22.7 Å². The van der Waals surface area contributed by atoms with E-state index in [1.165, 1.54) is 0 Å². The van der Waals surface area contributed by atoms with E-state index in [1.54, 1.807) is 31.4 Å². The lowest BCUT2D eigenvalue weighted by Gasteiger charge is -2.06. The Kier molecular flexibility index (Phi) is 4.62. The Labute approximate surface area is 120 Å². The molecule has 0 heterocycles. The van der Waals surface area contributed by atoms with Gasteiger partial charge in [0.1, 0.15) is 23.2 Å². The van der Waals surface area contributed by atoms with E-state index in [1.807, 2.05) is 0 Å². The van der Waals surface area contributed by atoms with E-state index >= 15 is 0 Å². The second kappa shape index (κ2) is 6.43. The van der Waals surface area contributed by atoms with Crippen LogP contribution in [0.1, 0.15) is 22.3 Å². The van der Waals surface area contributed by atoms with E-state index < -0.39 is 28.8 Å². The zero-order valence-electron chi connectivity index (χ0n) is 11.3. The molecule has 0 saturated heterocycles. The third-order valence-electron chi connectivity index (χ3n) is 3.09. The first kappa shape index (κ1) is 15.1. The Hall–Kier alpha value is -2.30. The first-order chi connectivity index (χ1) is 10.0. The van der Waals surface area contributed by atoms with Gasteiger partial charge in [-0.2, -0.15) is 0 Å². The summed E-state index contributed by atoms with van der Waals surface area (Å²) in [7, 11) is 1.54. The average molecular weight is 294 g/mol. The van der Waals surface area contributed by atoms with Crippen LogP contribution < -0.4 is 4.74 Å². The van der Waals surface area contributed by atoms with Crippen LogP contribution in [0.3, 0.4) is 0 Å². The highest BCUT2D eigenvalue weighted by molar-refractivity contribution is 5.96. The Morgan fingerprint density at radius 3 is 2.14 bits per heavy atom. The molecule has 0 spiro atoms. The van der Waals surface area contributed by atoms with Crippen LogP contribution in [0, 0.1) is 17.5 Å². The fourth-order valence-corrected chi connectivity index (χ4v) is 1.98. The Morgan fingerprint density at radius 2 is 1.62 bits per heavy atom. The van der Waals surface area contributed by atoms with Crippen LogP contribution in [-0.2, 0) is 6.42 Å². The number of benzene rings is 2. The first-order valence-corrected chi connectivity index (χ1v) is 6.32. The fourth-order valence-electron chi connectivity index (χ4n) is 1.98. The van der Waals surface area contributed by atoms with Crippen molar-refractivity contribution in [3.05, 3.63) is 65.0 Å².